The minimum absolute atomic E-state index is 0.407. The molecule has 1 unspecified atom stereocenters. The Morgan fingerprint density at radius 3 is 2.65 bits per heavy atom. The Kier molecular flexibility index (Phi) is 6.93. The third-order valence-corrected chi connectivity index (χ3v) is 3.44. The molecule has 2 amide bonds. The molecule has 0 radical (unpaired) electrons. The number of para-hydroxylation sites is 1. The van der Waals surface area contributed by atoms with Gasteiger partial charge in [-0.15, -0.1) is 0 Å². The summed E-state index contributed by atoms with van der Waals surface area (Å²) in [4.78, 5) is 23.5. The number of methoxy groups -OCH3 is 1. The lowest BCUT2D eigenvalue weighted by Gasteiger charge is -2.17. The van der Waals surface area contributed by atoms with Crippen LogP contribution < -0.4 is 10.6 Å². The van der Waals surface area contributed by atoms with Gasteiger partial charge in [0.25, 0.3) is 0 Å². The van der Waals surface area contributed by atoms with Crippen LogP contribution >= 0.6 is 11.8 Å². The molecule has 0 heterocycles. The Bertz CT molecular complexity index is 465. The predicted octanol–water partition coefficient (Wildman–Crippen LogP) is 2.41. The number of ether oxygens (including phenoxy) is 1. The average molecular weight is 296 g/mol. The fourth-order valence-electron chi connectivity index (χ4n) is 1.66. The van der Waals surface area contributed by atoms with E-state index in [1.165, 1.54) is 7.11 Å². The lowest BCUT2D eigenvalue weighted by molar-refractivity contribution is -0.142. The van der Waals surface area contributed by atoms with Crippen LogP contribution in [0.3, 0.4) is 0 Å². The summed E-state index contributed by atoms with van der Waals surface area (Å²) >= 11 is 1.61. The average Bonchev–Trinajstić information content (AvgIpc) is 2.45. The van der Waals surface area contributed by atoms with Crippen LogP contribution in [0.25, 0.3) is 0 Å². The molecule has 1 atom stereocenters. The number of nitrogens with one attached hydrogen (secondary N) is 2. The lowest BCUT2D eigenvalue weighted by Crippen LogP contribution is -2.44. The first kappa shape index (κ1) is 16.4. The Hall–Kier alpha value is -1.69. The molecule has 0 spiro atoms. The number of thioether (sulfide) groups is 1. The van der Waals surface area contributed by atoms with Crippen LogP contribution in [0.5, 0.6) is 0 Å². The summed E-state index contributed by atoms with van der Waals surface area (Å²) in [5.74, 6) is 0.337. The first-order valence-corrected chi connectivity index (χ1v) is 7.67. The van der Waals surface area contributed by atoms with Gasteiger partial charge >= 0.3 is 12.0 Å². The van der Waals surface area contributed by atoms with Crippen molar-refractivity contribution < 1.29 is 14.3 Å². The van der Waals surface area contributed by atoms with Crippen molar-refractivity contribution in [2.24, 2.45) is 0 Å². The van der Waals surface area contributed by atoms with Crippen molar-refractivity contribution in [3.8, 4) is 0 Å². The number of anilines is 1. The van der Waals surface area contributed by atoms with E-state index in [-0.39, 0.29) is 0 Å². The third-order valence-electron chi connectivity index (χ3n) is 2.79. The third kappa shape index (κ3) is 5.13. The molecular weight excluding hydrogens is 276 g/mol. The van der Waals surface area contributed by atoms with Crippen LogP contribution in [0.1, 0.15) is 12.0 Å². The first-order valence-electron chi connectivity index (χ1n) is 6.28. The molecule has 0 aliphatic carbocycles. The number of benzene rings is 1. The molecule has 0 saturated heterocycles. The van der Waals surface area contributed by atoms with E-state index in [4.69, 9.17) is 4.74 Å². The van der Waals surface area contributed by atoms with Crippen LogP contribution in [0.15, 0.2) is 24.3 Å². The number of carbonyl (C=O) groups excluding carboxylic acids is 2. The number of rotatable bonds is 6. The molecule has 0 aromatic heterocycles. The summed E-state index contributed by atoms with van der Waals surface area (Å²) in [6.45, 7) is 1.90. The van der Waals surface area contributed by atoms with E-state index in [0.717, 1.165) is 17.0 Å². The summed E-state index contributed by atoms with van der Waals surface area (Å²) in [6.07, 6.45) is 2.48. The maximum Gasteiger partial charge on any atom is 0.328 e. The molecule has 1 aromatic rings. The largest absolute Gasteiger partial charge is 0.467 e. The topological polar surface area (TPSA) is 67.4 Å². The SMILES string of the molecule is COC(=O)C(CCSC)NC(=O)Nc1ccccc1C. The van der Waals surface area contributed by atoms with E-state index in [9.17, 15) is 9.59 Å². The molecule has 1 aromatic carbocycles. The van der Waals surface area contributed by atoms with Crippen LogP contribution in [0.2, 0.25) is 0 Å². The van der Waals surface area contributed by atoms with Crippen molar-refractivity contribution in [1.29, 1.82) is 0 Å². The molecule has 0 bridgehead atoms. The van der Waals surface area contributed by atoms with Crippen molar-refractivity contribution in [3.05, 3.63) is 29.8 Å². The molecule has 20 heavy (non-hydrogen) atoms. The quantitative estimate of drug-likeness (QED) is 0.791. The molecular formula is C14H20N2O3S. The van der Waals surface area contributed by atoms with Gasteiger partial charge in [0.2, 0.25) is 0 Å². The molecule has 0 aliphatic heterocycles. The predicted molar refractivity (Wildman–Crippen MR) is 82.1 cm³/mol. The molecule has 1 rings (SSSR count). The summed E-state index contributed by atoms with van der Waals surface area (Å²) in [7, 11) is 1.31. The normalized spacial score (nSPS) is 11.6. The van der Waals surface area contributed by atoms with Crippen LogP contribution in [-0.4, -0.2) is 37.2 Å². The van der Waals surface area contributed by atoms with E-state index >= 15 is 0 Å². The summed E-state index contributed by atoms with van der Waals surface area (Å²) in [5, 5.41) is 5.37. The molecule has 110 valence electrons. The van der Waals surface area contributed by atoms with Crippen LogP contribution in [-0.2, 0) is 9.53 Å². The van der Waals surface area contributed by atoms with E-state index in [1.54, 1.807) is 11.8 Å². The summed E-state index contributed by atoms with van der Waals surface area (Å²) < 4.78 is 4.69. The van der Waals surface area contributed by atoms with Crippen molar-refractivity contribution >= 4 is 29.4 Å². The molecule has 5 nitrogen and oxygen atoms in total. The van der Waals surface area contributed by atoms with Gasteiger partial charge < -0.3 is 15.4 Å². The Morgan fingerprint density at radius 1 is 1.35 bits per heavy atom. The standard InChI is InChI=1S/C14H20N2O3S/c1-10-6-4-5-7-11(10)15-14(18)16-12(8-9-20-3)13(17)19-2/h4-7,12H,8-9H2,1-3H3,(H2,15,16,18). The van der Waals surface area contributed by atoms with Crippen molar-refractivity contribution in [1.82, 2.24) is 5.32 Å². The van der Waals surface area contributed by atoms with E-state index < -0.39 is 18.0 Å². The summed E-state index contributed by atoms with van der Waals surface area (Å²) in [6, 6.07) is 6.42. The van der Waals surface area contributed by atoms with Crippen molar-refractivity contribution in [2.75, 3.05) is 24.4 Å². The maximum absolute atomic E-state index is 11.9. The monoisotopic (exact) mass is 296 g/mol. The van der Waals surface area contributed by atoms with Crippen LogP contribution in [0.4, 0.5) is 10.5 Å². The van der Waals surface area contributed by atoms with Gasteiger partial charge in [0, 0.05) is 5.69 Å². The zero-order valence-corrected chi connectivity index (χ0v) is 12.8. The Morgan fingerprint density at radius 2 is 2.05 bits per heavy atom. The molecule has 0 saturated carbocycles. The van der Waals surface area contributed by atoms with Gasteiger partial charge in [0.15, 0.2) is 0 Å². The minimum atomic E-state index is -0.628. The van der Waals surface area contributed by atoms with Crippen molar-refractivity contribution in [3.63, 3.8) is 0 Å². The number of amides is 2. The number of hydrogen-bond acceptors (Lipinski definition) is 4. The highest BCUT2D eigenvalue weighted by Crippen LogP contribution is 2.13. The number of esters is 1. The molecule has 6 heteroatoms. The van der Waals surface area contributed by atoms with Gasteiger partial charge in [-0.1, -0.05) is 18.2 Å². The minimum Gasteiger partial charge on any atom is -0.467 e. The lowest BCUT2D eigenvalue weighted by atomic mass is 10.2. The van der Waals surface area contributed by atoms with E-state index in [0.29, 0.717) is 6.42 Å². The second-order valence-electron chi connectivity index (χ2n) is 4.27. The number of aryl methyl sites for hydroxylation is 1. The fraction of sp³-hybridized carbons (Fsp3) is 0.429. The fourth-order valence-corrected chi connectivity index (χ4v) is 2.13. The summed E-state index contributed by atoms with van der Waals surface area (Å²) in [5.41, 5.74) is 1.68. The smallest absolute Gasteiger partial charge is 0.328 e. The molecule has 0 fully saturated rings. The second-order valence-corrected chi connectivity index (χ2v) is 5.26. The molecule has 2 N–H and O–H groups in total. The number of carbonyl (C=O) groups is 2. The Labute approximate surface area is 123 Å². The van der Waals surface area contributed by atoms with E-state index in [1.807, 2.05) is 37.4 Å². The zero-order chi connectivity index (χ0) is 15.0. The van der Waals surface area contributed by atoms with Gasteiger partial charge in [-0.2, -0.15) is 11.8 Å². The number of hydrogen-bond donors (Lipinski definition) is 2. The molecule has 0 aliphatic rings. The van der Waals surface area contributed by atoms with Gasteiger partial charge in [0.05, 0.1) is 7.11 Å². The van der Waals surface area contributed by atoms with Crippen LogP contribution in [0, 0.1) is 6.92 Å². The first-order chi connectivity index (χ1) is 9.58. The Balaban J connectivity index is 2.61. The second kappa shape index (κ2) is 8.47. The van der Waals surface area contributed by atoms with E-state index in [2.05, 4.69) is 10.6 Å². The highest BCUT2D eigenvalue weighted by Gasteiger charge is 2.21. The van der Waals surface area contributed by atoms with Gasteiger partial charge in [-0.3, -0.25) is 0 Å². The van der Waals surface area contributed by atoms with Gasteiger partial charge in [-0.05, 0) is 37.0 Å². The van der Waals surface area contributed by atoms with Gasteiger partial charge in [0.1, 0.15) is 6.04 Å². The maximum atomic E-state index is 11.9. The van der Waals surface area contributed by atoms with Gasteiger partial charge in [-0.25, -0.2) is 9.59 Å². The highest BCUT2D eigenvalue weighted by molar-refractivity contribution is 7.98. The number of urea groups is 1. The zero-order valence-electron chi connectivity index (χ0n) is 11.9. The highest BCUT2D eigenvalue weighted by atomic mass is 32.2. The van der Waals surface area contributed by atoms with Crippen molar-refractivity contribution in [2.45, 2.75) is 19.4 Å².